The second-order valence-corrected chi connectivity index (χ2v) is 5.49. The summed E-state index contributed by atoms with van der Waals surface area (Å²) in [5, 5.41) is 7.56. The fourth-order valence-corrected chi connectivity index (χ4v) is 2.36. The van der Waals surface area contributed by atoms with Crippen LogP contribution in [0.5, 0.6) is 0 Å². The average molecular weight is 286 g/mol. The van der Waals surface area contributed by atoms with Crippen molar-refractivity contribution in [3.63, 3.8) is 0 Å². The van der Waals surface area contributed by atoms with Gasteiger partial charge in [-0.15, -0.1) is 0 Å². The average Bonchev–Trinajstić information content (AvgIpc) is 2.39. The zero-order valence-corrected chi connectivity index (χ0v) is 10.9. The van der Waals surface area contributed by atoms with Gasteiger partial charge in [-0.2, -0.15) is 0 Å². The molecule has 1 saturated heterocycles. The lowest BCUT2D eigenvalue weighted by Gasteiger charge is -2.22. The highest BCUT2D eigenvalue weighted by molar-refractivity contribution is 7.89. The van der Waals surface area contributed by atoms with Gasteiger partial charge in [0.15, 0.2) is 6.10 Å². The third-order valence-corrected chi connectivity index (χ3v) is 3.53. The Morgan fingerprint density at radius 2 is 2.05 bits per heavy atom. The minimum atomic E-state index is -3.90. The van der Waals surface area contributed by atoms with Crippen LogP contribution in [0.25, 0.3) is 0 Å². The largest absolute Gasteiger partial charge is 0.376 e. The Hall–Kier alpha value is -1.48. The van der Waals surface area contributed by atoms with Crippen molar-refractivity contribution in [1.82, 2.24) is 0 Å². The van der Waals surface area contributed by atoms with Crippen LogP contribution >= 0.6 is 0 Å². The van der Waals surface area contributed by atoms with E-state index in [0.29, 0.717) is 13.2 Å². The monoisotopic (exact) mass is 286 g/mol. The van der Waals surface area contributed by atoms with Gasteiger partial charge in [-0.25, -0.2) is 13.6 Å². The summed E-state index contributed by atoms with van der Waals surface area (Å²) in [5.74, 6) is -0.462. The molecule has 0 bridgehead atoms. The van der Waals surface area contributed by atoms with Gasteiger partial charge in [0.25, 0.3) is 5.91 Å². The molecule has 8 heteroatoms. The summed E-state index contributed by atoms with van der Waals surface area (Å²) >= 11 is 0. The van der Waals surface area contributed by atoms with Crippen LogP contribution in [-0.4, -0.2) is 40.2 Å². The second kappa shape index (κ2) is 5.66. The molecule has 3 N–H and O–H groups in total. The SMILES string of the molecule is NS(=O)(=O)c1ccccc1NC(=O)C1COCCO1. The summed E-state index contributed by atoms with van der Waals surface area (Å²) in [5.41, 5.74) is 0.129. The molecular formula is C11H14N2O5S. The highest BCUT2D eigenvalue weighted by atomic mass is 32.2. The number of rotatable bonds is 3. The van der Waals surface area contributed by atoms with Crippen LogP contribution in [0.3, 0.4) is 0 Å². The van der Waals surface area contributed by atoms with Crippen LogP contribution in [0.2, 0.25) is 0 Å². The summed E-state index contributed by atoms with van der Waals surface area (Å²) in [7, 11) is -3.90. The number of ether oxygens (including phenoxy) is 2. The fraction of sp³-hybridized carbons (Fsp3) is 0.364. The number of carbonyl (C=O) groups excluding carboxylic acids is 1. The molecule has 1 aromatic rings. The summed E-state index contributed by atoms with van der Waals surface area (Å²) in [4.78, 5) is 11.8. The number of para-hydroxylation sites is 1. The lowest BCUT2D eigenvalue weighted by molar-refractivity contribution is -0.142. The Morgan fingerprint density at radius 3 is 2.68 bits per heavy atom. The number of nitrogens with one attached hydrogen (secondary N) is 1. The zero-order valence-electron chi connectivity index (χ0n) is 10.0. The summed E-state index contributed by atoms with van der Waals surface area (Å²) in [6.07, 6.45) is -0.748. The van der Waals surface area contributed by atoms with Crippen molar-refractivity contribution in [2.75, 3.05) is 25.1 Å². The maximum atomic E-state index is 11.9. The molecule has 1 aliphatic heterocycles. The number of sulfonamides is 1. The van der Waals surface area contributed by atoms with E-state index >= 15 is 0 Å². The van der Waals surface area contributed by atoms with E-state index in [2.05, 4.69) is 5.32 Å². The highest BCUT2D eigenvalue weighted by Gasteiger charge is 2.24. The van der Waals surface area contributed by atoms with Crippen molar-refractivity contribution in [2.24, 2.45) is 5.14 Å². The molecule has 19 heavy (non-hydrogen) atoms. The predicted octanol–water partition coefficient (Wildman–Crippen LogP) is -0.312. The van der Waals surface area contributed by atoms with E-state index in [1.165, 1.54) is 18.2 Å². The number of primary sulfonamides is 1. The third-order valence-electron chi connectivity index (χ3n) is 2.56. The van der Waals surface area contributed by atoms with E-state index in [9.17, 15) is 13.2 Å². The molecule has 0 radical (unpaired) electrons. The Labute approximate surface area is 110 Å². The van der Waals surface area contributed by atoms with E-state index in [1.807, 2.05) is 0 Å². The number of hydrogen-bond donors (Lipinski definition) is 2. The highest BCUT2D eigenvalue weighted by Crippen LogP contribution is 2.19. The Balaban J connectivity index is 2.17. The Morgan fingerprint density at radius 1 is 1.32 bits per heavy atom. The predicted molar refractivity (Wildman–Crippen MR) is 67.0 cm³/mol. The Bertz CT molecular complexity index is 566. The number of carbonyl (C=O) groups is 1. The zero-order chi connectivity index (χ0) is 13.9. The standard InChI is InChI=1S/C11H14N2O5S/c12-19(15,16)10-4-2-1-3-8(10)13-11(14)9-7-17-5-6-18-9/h1-4,9H,5-7H2,(H,13,14)(H2,12,15,16). The van der Waals surface area contributed by atoms with Gasteiger partial charge in [0.1, 0.15) is 4.90 Å². The van der Waals surface area contributed by atoms with Gasteiger partial charge in [0.2, 0.25) is 10.0 Å². The molecule has 1 heterocycles. The lowest BCUT2D eigenvalue weighted by atomic mass is 10.3. The number of benzene rings is 1. The fourth-order valence-electron chi connectivity index (χ4n) is 1.67. The smallest absolute Gasteiger partial charge is 0.255 e. The topological polar surface area (TPSA) is 108 Å². The summed E-state index contributed by atoms with van der Waals surface area (Å²) in [6, 6.07) is 5.91. The maximum Gasteiger partial charge on any atom is 0.255 e. The molecule has 1 atom stereocenters. The van der Waals surface area contributed by atoms with E-state index in [4.69, 9.17) is 14.6 Å². The molecule has 1 aromatic carbocycles. The first-order valence-electron chi connectivity index (χ1n) is 5.60. The normalized spacial score (nSPS) is 19.9. The number of anilines is 1. The van der Waals surface area contributed by atoms with Crippen LogP contribution in [0.15, 0.2) is 29.2 Å². The van der Waals surface area contributed by atoms with Crippen LogP contribution < -0.4 is 10.5 Å². The van der Waals surface area contributed by atoms with E-state index in [0.717, 1.165) is 0 Å². The van der Waals surface area contributed by atoms with Crippen LogP contribution in [0.1, 0.15) is 0 Å². The quantitative estimate of drug-likeness (QED) is 0.792. The molecule has 0 aromatic heterocycles. The number of amides is 1. The van der Waals surface area contributed by atoms with Crippen molar-refractivity contribution in [3.05, 3.63) is 24.3 Å². The van der Waals surface area contributed by atoms with Gasteiger partial charge in [-0.3, -0.25) is 4.79 Å². The minimum Gasteiger partial charge on any atom is -0.376 e. The van der Waals surface area contributed by atoms with Gasteiger partial charge in [0.05, 0.1) is 25.5 Å². The molecular weight excluding hydrogens is 272 g/mol. The van der Waals surface area contributed by atoms with Gasteiger partial charge in [-0.05, 0) is 12.1 Å². The van der Waals surface area contributed by atoms with Crippen molar-refractivity contribution < 1.29 is 22.7 Å². The molecule has 7 nitrogen and oxygen atoms in total. The summed E-state index contributed by atoms with van der Waals surface area (Å²) < 4.78 is 33.1. The second-order valence-electron chi connectivity index (χ2n) is 3.96. The molecule has 1 aliphatic rings. The van der Waals surface area contributed by atoms with Crippen LogP contribution in [0.4, 0.5) is 5.69 Å². The molecule has 1 amide bonds. The number of nitrogens with two attached hydrogens (primary N) is 1. The summed E-state index contributed by atoms with van der Waals surface area (Å²) in [6.45, 7) is 0.913. The van der Waals surface area contributed by atoms with Crippen molar-refractivity contribution in [1.29, 1.82) is 0 Å². The molecule has 0 saturated carbocycles. The van der Waals surface area contributed by atoms with Crippen molar-refractivity contribution in [3.8, 4) is 0 Å². The molecule has 0 aliphatic carbocycles. The van der Waals surface area contributed by atoms with Crippen LogP contribution in [0, 0.1) is 0 Å². The maximum absolute atomic E-state index is 11.9. The van der Waals surface area contributed by atoms with E-state index in [1.54, 1.807) is 6.07 Å². The minimum absolute atomic E-state index is 0.129. The van der Waals surface area contributed by atoms with Crippen LogP contribution in [-0.2, 0) is 24.3 Å². The third kappa shape index (κ3) is 3.51. The van der Waals surface area contributed by atoms with E-state index < -0.39 is 22.0 Å². The molecule has 2 rings (SSSR count). The molecule has 0 spiro atoms. The van der Waals surface area contributed by atoms with Gasteiger partial charge in [0, 0.05) is 0 Å². The molecule has 1 fully saturated rings. The molecule has 104 valence electrons. The Kier molecular flexibility index (Phi) is 4.15. The van der Waals surface area contributed by atoms with Crippen molar-refractivity contribution >= 4 is 21.6 Å². The van der Waals surface area contributed by atoms with Gasteiger partial charge >= 0.3 is 0 Å². The molecule has 1 unspecified atom stereocenters. The number of hydrogen-bond acceptors (Lipinski definition) is 5. The van der Waals surface area contributed by atoms with E-state index in [-0.39, 0.29) is 17.2 Å². The first-order valence-corrected chi connectivity index (χ1v) is 7.15. The van der Waals surface area contributed by atoms with Crippen molar-refractivity contribution in [2.45, 2.75) is 11.0 Å². The lowest BCUT2D eigenvalue weighted by Crippen LogP contribution is -2.39. The first kappa shape index (κ1) is 13.9. The van der Waals surface area contributed by atoms with Gasteiger partial charge in [-0.1, -0.05) is 12.1 Å². The first-order chi connectivity index (χ1) is 8.98. The van der Waals surface area contributed by atoms with Gasteiger partial charge < -0.3 is 14.8 Å².